The van der Waals surface area contributed by atoms with Gasteiger partial charge in [0.2, 0.25) is 0 Å². The van der Waals surface area contributed by atoms with Crippen molar-refractivity contribution < 1.29 is 9.53 Å². The van der Waals surface area contributed by atoms with Gasteiger partial charge in [-0.25, -0.2) is 9.48 Å². The molecule has 0 amide bonds. The van der Waals surface area contributed by atoms with Gasteiger partial charge in [0.1, 0.15) is 0 Å². The van der Waals surface area contributed by atoms with E-state index in [4.69, 9.17) is 10.00 Å². The van der Waals surface area contributed by atoms with Crippen LogP contribution in [0.3, 0.4) is 0 Å². The van der Waals surface area contributed by atoms with Gasteiger partial charge in [0, 0.05) is 18.0 Å². The summed E-state index contributed by atoms with van der Waals surface area (Å²) in [4.78, 5) is 11.8. The minimum atomic E-state index is -0.423. The summed E-state index contributed by atoms with van der Waals surface area (Å²) < 4.78 is 6.45. The van der Waals surface area contributed by atoms with Crippen molar-refractivity contribution >= 4 is 5.97 Å². The number of methoxy groups -OCH3 is 1. The second-order valence-electron chi connectivity index (χ2n) is 5.11. The Morgan fingerprint density at radius 3 is 2.52 bits per heavy atom. The largest absolute Gasteiger partial charge is 0.465 e. The fraction of sp³-hybridized carbons (Fsp3) is 0.0500. The minimum absolute atomic E-state index is 0.419. The maximum absolute atomic E-state index is 11.8. The lowest BCUT2D eigenvalue weighted by Gasteiger charge is -2.07. The Labute approximate surface area is 145 Å². The maximum atomic E-state index is 11.8. The van der Waals surface area contributed by atoms with Crippen LogP contribution in [0.25, 0.3) is 5.69 Å². The summed E-state index contributed by atoms with van der Waals surface area (Å²) in [6.45, 7) is 0. The highest BCUT2D eigenvalue weighted by molar-refractivity contribution is 5.90. The summed E-state index contributed by atoms with van der Waals surface area (Å²) in [6, 6.07) is 16.0. The molecule has 0 radical (unpaired) electrons. The molecule has 0 saturated carbocycles. The van der Waals surface area contributed by atoms with Gasteiger partial charge in [-0.05, 0) is 48.5 Å². The molecule has 2 aromatic carbocycles. The zero-order chi connectivity index (χ0) is 17.6. The van der Waals surface area contributed by atoms with Crippen LogP contribution in [0.2, 0.25) is 0 Å². The number of carbonyl (C=O) groups is 1. The standard InChI is InChI=1S/C20H13N3O2/c1-25-20(24)18-9-10-19(23-12-2-11-22-23)17(13-18)8-7-15-3-5-16(14-21)6-4-15/h2-6,9-13H,1H3. The van der Waals surface area contributed by atoms with E-state index < -0.39 is 5.97 Å². The molecule has 0 aliphatic carbocycles. The van der Waals surface area contributed by atoms with E-state index in [2.05, 4.69) is 23.0 Å². The molecule has 1 heterocycles. The van der Waals surface area contributed by atoms with Crippen molar-refractivity contribution in [3.05, 3.63) is 83.2 Å². The number of rotatable bonds is 2. The lowest BCUT2D eigenvalue weighted by molar-refractivity contribution is 0.0600. The van der Waals surface area contributed by atoms with E-state index in [9.17, 15) is 4.79 Å². The van der Waals surface area contributed by atoms with Gasteiger partial charge in [-0.2, -0.15) is 10.4 Å². The summed E-state index contributed by atoms with van der Waals surface area (Å²) >= 11 is 0. The van der Waals surface area contributed by atoms with Crippen molar-refractivity contribution in [1.29, 1.82) is 5.26 Å². The Bertz CT molecular complexity index is 1000. The van der Waals surface area contributed by atoms with Crippen LogP contribution in [-0.2, 0) is 4.74 Å². The first kappa shape index (κ1) is 16.0. The smallest absolute Gasteiger partial charge is 0.337 e. The van der Waals surface area contributed by atoms with E-state index in [1.807, 2.05) is 6.07 Å². The number of hydrogen-bond acceptors (Lipinski definition) is 4. The van der Waals surface area contributed by atoms with E-state index in [-0.39, 0.29) is 0 Å². The second-order valence-corrected chi connectivity index (χ2v) is 5.11. The van der Waals surface area contributed by atoms with Crippen LogP contribution in [0.5, 0.6) is 0 Å². The van der Waals surface area contributed by atoms with Gasteiger partial charge in [-0.1, -0.05) is 11.8 Å². The number of ether oxygens (including phenoxy) is 1. The first-order valence-electron chi connectivity index (χ1n) is 7.46. The molecule has 3 rings (SSSR count). The molecular weight excluding hydrogens is 314 g/mol. The Morgan fingerprint density at radius 1 is 1.12 bits per heavy atom. The predicted octanol–water partition coefficient (Wildman–Crippen LogP) is 2.93. The molecule has 5 heteroatoms. The highest BCUT2D eigenvalue weighted by Gasteiger charge is 2.10. The number of benzene rings is 2. The Kier molecular flexibility index (Phi) is 4.60. The SMILES string of the molecule is COC(=O)c1ccc(-n2cccn2)c(C#Cc2ccc(C#N)cc2)c1. The highest BCUT2D eigenvalue weighted by Crippen LogP contribution is 2.16. The number of nitriles is 1. The fourth-order valence-corrected chi connectivity index (χ4v) is 2.26. The van der Waals surface area contributed by atoms with Gasteiger partial charge in [0.25, 0.3) is 0 Å². The average Bonchev–Trinajstić information content (AvgIpc) is 3.20. The lowest BCUT2D eigenvalue weighted by Crippen LogP contribution is -2.04. The van der Waals surface area contributed by atoms with Crippen LogP contribution >= 0.6 is 0 Å². The molecule has 0 unspecified atom stereocenters. The predicted molar refractivity (Wildman–Crippen MR) is 92.0 cm³/mol. The van der Waals surface area contributed by atoms with E-state index >= 15 is 0 Å². The van der Waals surface area contributed by atoms with Crippen LogP contribution in [0.4, 0.5) is 0 Å². The van der Waals surface area contributed by atoms with Crippen molar-refractivity contribution in [2.75, 3.05) is 7.11 Å². The van der Waals surface area contributed by atoms with E-state index in [1.165, 1.54) is 7.11 Å². The zero-order valence-corrected chi connectivity index (χ0v) is 13.4. The number of aromatic nitrogens is 2. The first-order valence-corrected chi connectivity index (χ1v) is 7.46. The number of hydrogen-bond donors (Lipinski definition) is 0. The highest BCUT2D eigenvalue weighted by atomic mass is 16.5. The van der Waals surface area contributed by atoms with Gasteiger partial charge < -0.3 is 4.74 Å². The van der Waals surface area contributed by atoms with Gasteiger partial charge in [0.05, 0.1) is 35.6 Å². The summed E-state index contributed by atoms with van der Waals surface area (Å²) in [5.74, 6) is 5.70. The molecular formula is C20H13N3O2. The summed E-state index contributed by atoms with van der Waals surface area (Å²) in [6.07, 6.45) is 3.48. The lowest BCUT2D eigenvalue weighted by atomic mass is 10.1. The molecule has 0 atom stereocenters. The minimum Gasteiger partial charge on any atom is -0.465 e. The zero-order valence-electron chi connectivity index (χ0n) is 13.4. The monoisotopic (exact) mass is 327 g/mol. The van der Waals surface area contributed by atoms with Gasteiger partial charge in [0.15, 0.2) is 0 Å². The number of nitrogens with zero attached hydrogens (tertiary/aromatic N) is 3. The van der Waals surface area contributed by atoms with Crippen molar-refractivity contribution in [2.24, 2.45) is 0 Å². The molecule has 5 nitrogen and oxygen atoms in total. The molecule has 0 aliphatic rings. The van der Waals surface area contributed by atoms with Crippen LogP contribution in [0.15, 0.2) is 60.9 Å². The van der Waals surface area contributed by atoms with E-state index in [0.717, 1.165) is 11.3 Å². The molecule has 25 heavy (non-hydrogen) atoms. The second kappa shape index (κ2) is 7.16. The third-order valence-corrected chi connectivity index (χ3v) is 3.52. The Hall–Kier alpha value is -3.83. The summed E-state index contributed by atoms with van der Waals surface area (Å²) in [5.41, 5.74) is 3.18. The summed E-state index contributed by atoms with van der Waals surface area (Å²) in [7, 11) is 1.34. The van der Waals surface area contributed by atoms with E-state index in [1.54, 1.807) is 59.5 Å². The maximum Gasteiger partial charge on any atom is 0.337 e. The number of esters is 1. The molecule has 1 aromatic heterocycles. The van der Waals surface area contributed by atoms with Crippen molar-refractivity contribution in [3.8, 4) is 23.6 Å². The molecule has 0 spiro atoms. The van der Waals surface area contributed by atoms with Crippen molar-refractivity contribution in [3.63, 3.8) is 0 Å². The van der Waals surface area contributed by atoms with Gasteiger partial charge in [-0.15, -0.1) is 0 Å². The summed E-state index contributed by atoms with van der Waals surface area (Å²) in [5, 5.41) is 13.1. The van der Waals surface area contributed by atoms with Crippen LogP contribution < -0.4 is 0 Å². The molecule has 0 aliphatic heterocycles. The van der Waals surface area contributed by atoms with Crippen molar-refractivity contribution in [2.45, 2.75) is 0 Å². The number of carbonyl (C=O) groups excluding carboxylic acids is 1. The molecule has 3 aromatic rings. The normalized spacial score (nSPS) is 9.60. The van der Waals surface area contributed by atoms with Crippen molar-refractivity contribution in [1.82, 2.24) is 9.78 Å². The van der Waals surface area contributed by atoms with Crippen LogP contribution in [-0.4, -0.2) is 22.9 Å². The van der Waals surface area contributed by atoms with Gasteiger partial charge in [-0.3, -0.25) is 0 Å². The molecule has 0 N–H and O–H groups in total. The van der Waals surface area contributed by atoms with Crippen LogP contribution in [0.1, 0.15) is 27.0 Å². The van der Waals surface area contributed by atoms with Gasteiger partial charge >= 0.3 is 5.97 Å². The first-order chi connectivity index (χ1) is 12.2. The molecule has 0 saturated heterocycles. The quantitative estimate of drug-likeness (QED) is 0.536. The Balaban J connectivity index is 2.04. The molecule has 0 bridgehead atoms. The molecule has 120 valence electrons. The third-order valence-electron chi connectivity index (χ3n) is 3.52. The third kappa shape index (κ3) is 3.57. The Morgan fingerprint density at radius 2 is 1.88 bits per heavy atom. The fourth-order valence-electron chi connectivity index (χ4n) is 2.26. The van der Waals surface area contributed by atoms with Crippen LogP contribution in [0, 0.1) is 23.2 Å². The average molecular weight is 327 g/mol. The molecule has 0 fully saturated rings. The van der Waals surface area contributed by atoms with E-state index in [0.29, 0.717) is 16.7 Å². The topological polar surface area (TPSA) is 67.9 Å².